The number of ether oxygens (including phenoxy) is 1. The Labute approximate surface area is 113 Å². The molecule has 0 saturated carbocycles. The summed E-state index contributed by atoms with van der Waals surface area (Å²) < 4.78 is 28.6. The normalized spacial score (nSPS) is 20.6. The Kier molecular flexibility index (Phi) is 3.71. The molecule has 6 nitrogen and oxygen atoms in total. The summed E-state index contributed by atoms with van der Waals surface area (Å²) in [5.41, 5.74) is 7.63. The van der Waals surface area contributed by atoms with Gasteiger partial charge in [-0.05, 0) is 31.5 Å². The van der Waals surface area contributed by atoms with Crippen molar-refractivity contribution in [1.29, 1.82) is 0 Å². The van der Waals surface area contributed by atoms with Gasteiger partial charge < -0.3 is 15.4 Å². The van der Waals surface area contributed by atoms with Crippen molar-refractivity contribution in [1.82, 2.24) is 0 Å². The Balaban J connectivity index is 2.54. The lowest BCUT2D eigenvalue weighted by atomic mass is 10.1. The third-order valence-electron chi connectivity index (χ3n) is 3.34. The molecule has 7 heteroatoms. The van der Waals surface area contributed by atoms with Gasteiger partial charge >= 0.3 is 0 Å². The number of anilines is 2. The first-order chi connectivity index (χ1) is 8.80. The van der Waals surface area contributed by atoms with Crippen LogP contribution in [-0.2, 0) is 14.8 Å². The second-order valence-electron chi connectivity index (χ2n) is 4.83. The van der Waals surface area contributed by atoms with E-state index in [9.17, 15) is 8.42 Å². The molecule has 1 aliphatic rings. The zero-order valence-electron chi connectivity index (χ0n) is 11.1. The minimum absolute atomic E-state index is 0.0844. The molecule has 1 aliphatic heterocycles. The number of morpholine rings is 1. The monoisotopic (exact) mass is 285 g/mol. The van der Waals surface area contributed by atoms with Gasteiger partial charge in [0.2, 0.25) is 10.0 Å². The zero-order chi connectivity index (χ0) is 14.2. The number of hydrogen-bond acceptors (Lipinski definition) is 5. The van der Waals surface area contributed by atoms with Crippen molar-refractivity contribution in [3.8, 4) is 0 Å². The third kappa shape index (κ3) is 2.83. The van der Waals surface area contributed by atoms with Crippen LogP contribution in [0.25, 0.3) is 0 Å². The van der Waals surface area contributed by atoms with E-state index in [2.05, 4.69) is 4.90 Å². The molecule has 0 radical (unpaired) electrons. The Bertz CT molecular complexity index is 586. The van der Waals surface area contributed by atoms with Gasteiger partial charge in [-0.3, -0.25) is 0 Å². The molecular weight excluding hydrogens is 266 g/mol. The van der Waals surface area contributed by atoms with Gasteiger partial charge in [0.25, 0.3) is 0 Å². The van der Waals surface area contributed by atoms with E-state index in [0.29, 0.717) is 31.0 Å². The van der Waals surface area contributed by atoms with E-state index >= 15 is 0 Å². The van der Waals surface area contributed by atoms with Crippen molar-refractivity contribution < 1.29 is 13.2 Å². The Morgan fingerprint density at radius 3 is 2.68 bits per heavy atom. The standard InChI is InChI=1S/C12H19N3O3S/c1-8-7-18-4-3-15(8)11-5-10(13)6-12(9(11)2)19(14,16)17/h5-6,8H,3-4,7,13H2,1-2H3,(H2,14,16,17). The molecule has 1 fully saturated rings. The minimum Gasteiger partial charge on any atom is -0.399 e. The van der Waals surface area contributed by atoms with Gasteiger partial charge in [0.15, 0.2) is 0 Å². The molecule has 4 N–H and O–H groups in total. The van der Waals surface area contributed by atoms with E-state index in [0.717, 1.165) is 5.69 Å². The first kappa shape index (κ1) is 14.1. The number of nitrogens with two attached hydrogens (primary N) is 2. The highest BCUT2D eigenvalue weighted by molar-refractivity contribution is 7.89. The molecule has 1 saturated heterocycles. The number of sulfonamides is 1. The summed E-state index contributed by atoms with van der Waals surface area (Å²) in [6.45, 7) is 5.70. The molecule has 1 aromatic rings. The highest BCUT2D eigenvalue weighted by Crippen LogP contribution is 2.31. The number of benzene rings is 1. The van der Waals surface area contributed by atoms with Crippen LogP contribution in [0, 0.1) is 6.92 Å². The molecule has 0 aromatic heterocycles. The maximum Gasteiger partial charge on any atom is 0.238 e. The molecule has 0 spiro atoms. The minimum atomic E-state index is -3.77. The highest BCUT2D eigenvalue weighted by Gasteiger charge is 2.24. The van der Waals surface area contributed by atoms with Crippen molar-refractivity contribution in [3.63, 3.8) is 0 Å². The number of rotatable bonds is 2. The van der Waals surface area contributed by atoms with E-state index in [1.54, 1.807) is 13.0 Å². The first-order valence-corrected chi connectivity index (χ1v) is 7.62. The van der Waals surface area contributed by atoms with Crippen LogP contribution in [0.2, 0.25) is 0 Å². The summed E-state index contributed by atoms with van der Waals surface area (Å²) >= 11 is 0. The summed E-state index contributed by atoms with van der Waals surface area (Å²) in [4.78, 5) is 2.19. The maximum atomic E-state index is 11.6. The average Bonchev–Trinajstić information content (AvgIpc) is 2.31. The SMILES string of the molecule is Cc1c(N2CCOCC2C)cc(N)cc1S(N)(=O)=O. The summed E-state index contributed by atoms with van der Waals surface area (Å²) in [5.74, 6) is 0. The molecule has 19 heavy (non-hydrogen) atoms. The summed E-state index contributed by atoms with van der Waals surface area (Å²) in [5, 5.41) is 5.23. The largest absolute Gasteiger partial charge is 0.399 e. The Morgan fingerprint density at radius 2 is 2.11 bits per heavy atom. The van der Waals surface area contributed by atoms with Crippen LogP contribution in [0.1, 0.15) is 12.5 Å². The van der Waals surface area contributed by atoms with Crippen molar-refractivity contribution >= 4 is 21.4 Å². The van der Waals surface area contributed by atoms with Gasteiger partial charge in [0, 0.05) is 24.0 Å². The molecule has 1 aromatic carbocycles. The van der Waals surface area contributed by atoms with Crippen molar-refractivity contribution in [2.45, 2.75) is 24.8 Å². The van der Waals surface area contributed by atoms with Crippen LogP contribution in [0.4, 0.5) is 11.4 Å². The maximum absolute atomic E-state index is 11.6. The lowest BCUT2D eigenvalue weighted by Crippen LogP contribution is -2.44. The summed E-state index contributed by atoms with van der Waals surface area (Å²) in [6.07, 6.45) is 0. The molecule has 1 unspecified atom stereocenters. The van der Waals surface area contributed by atoms with Crippen LogP contribution in [0.3, 0.4) is 0 Å². The fraction of sp³-hybridized carbons (Fsp3) is 0.500. The van der Waals surface area contributed by atoms with Crippen LogP contribution >= 0.6 is 0 Å². The second kappa shape index (κ2) is 4.99. The van der Waals surface area contributed by atoms with E-state index in [1.807, 2.05) is 6.92 Å². The third-order valence-corrected chi connectivity index (χ3v) is 4.38. The van der Waals surface area contributed by atoms with Gasteiger partial charge in [-0.15, -0.1) is 0 Å². The fourth-order valence-corrected chi connectivity index (χ4v) is 3.20. The lowest BCUT2D eigenvalue weighted by molar-refractivity contribution is 0.0989. The van der Waals surface area contributed by atoms with Crippen LogP contribution in [0.15, 0.2) is 17.0 Å². The van der Waals surface area contributed by atoms with E-state index in [-0.39, 0.29) is 10.9 Å². The van der Waals surface area contributed by atoms with E-state index < -0.39 is 10.0 Å². The smallest absolute Gasteiger partial charge is 0.238 e. The quantitative estimate of drug-likeness (QED) is 0.769. The number of primary sulfonamides is 1. The van der Waals surface area contributed by atoms with Gasteiger partial charge in [-0.2, -0.15) is 0 Å². The van der Waals surface area contributed by atoms with Gasteiger partial charge in [-0.1, -0.05) is 0 Å². The Hall–Kier alpha value is -1.31. The molecule has 2 rings (SSSR count). The van der Waals surface area contributed by atoms with Crippen molar-refractivity contribution in [3.05, 3.63) is 17.7 Å². The van der Waals surface area contributed by atoms with Crippen LogP contribution < -0.4 is 15.8 Å². The Morgan fingerprint density at radius 1 is 1.42 bits per heavy atom. The molecule has 0 bridgehead atoms. The zero-order valence-corrected chi connectivity index (χ0v) is 11.9. The number of nitrogen functional groups attached to an aromatic ring is 1. The summed E-state index contributed by atoms with van der Waals surface area (Å²) in [6, 6.07) is 3.35. The molecule has 106 valence electrons. The first-order valence-electron chi connectivity index (χ1n) is 6.08. The fourth-order valence-electron chi connectivity index (χ4n) is 2.37. The second-order valence-corrected chi connectivity index (χ2v) is 6.36. The number of hydrogen-bond donors (Lipinski definition) is 2. The summed E-state index contributed by atoms with van der Waals surface area (Å²) in [7, 11) is -3.77. The molecular formula is C12H19N3O3S. The predicted octanol–water partition coefficient (Wildman–Crippen LogP) is 0.450. The predicted molar refractivity (Wildman–Crippen MR) is 74.6 cm³/mol. The van der Waals surface area contributed by atoms with Gasteiger partial charge in [0.05, 0.1) is 18.1 Å². The molecule has 1 atom stereocenters. The van der Waals surface area contributed by atoms with Crippen LogP contribution in [-0.4, -0.2) is 34.2 Å². The molecule has 0 aliphatic carbocycles. The molecule has 0 amide bonds. The van der Waals surface area contributed by atoms with E-state index in [1.165, 1.54) is 6.07 Å². The lowest BCUT2D eigenvalue weighted by Gasteiger charge is -2.36. The van der Waals surface area contributed by atoms with Gasteiger partial charge in [0.1, 0.15) is 0 Å². The number of nitrogens with zero attached hydrogens (tertiary/aromatic N) is 1. The van der Waals surface area contributed by atoms with Crippen molar-refractivity contribution in [2.75, 3.05) is 30.4 Å². The van der Waals surface area contributed by atoms with E-state index in [4.69, 9.17) is 15.6 Å². The topological polar surface area (TPSA) is 98.7 Å². The average molecular weight is 285 g/mol. The van der Waals surface area contributed by atoms with Crippen molar-refractivity contribution in [2.24, 2.45) is 5.14 Å². The highest BCUT2D eigenvalue weighted by atomic mass is 32.2. The molecule has 1 heterocycles. The van der Waals surface area contributed by atoms with Crippen LogP contribution in [0.5, 0.6) is 0 Å². The van der Waals surface area contributed by atoms with Gasteiger partial charge in [-0.25, -0.2) is 13.6 Å².